The molecule has 0 aliphatic carbocycles. The van der Waals surface area contributed by atoms with Crippen molar-refractivity contribution >= 4 is 28.5 Å². The summed E-state index contributed by atoms with van der Waals surface area (Å²) < 4.78 is 5.15. The molecule has 4 aromatic rings. The first kappa shape index (κ1) is 22.1. The Kier molecular flexibility index (Phi) is 6.41. The first-order valence-electron chi connectivity index (χ1n) is 10.6. The molecule has 0 spiro atoms. The highest BCUT2D eigenvalue weighted by atomic mass is 16.6. The third kappa shape index (κ3) is 5.04. The van der Waals surface area contributed by atoms with Crippen LogP contribution in [0.2, 0.25) is 0 Å². The largest absolute Gasteiger partial charge is 0.447 e. The van der Waals surface area contributed by atoms with Crippen LogP contribution in [-0.4, -0.2) is 38.8 Å². The standard InChI is InChI=1S/C24H25N5O4/c1-14(2)33-24(32)28-18-10-6-9-17-21(18)29-22(27-17)20-16(11-12-25-23(20)31)26-13-19(30)15-7-4-3-5-8-15/h3-12,14,19,30H,13H2,1-2H3,(H,27,29)(H,28,32)(H2,25,26,31)/t19-/m1/s1. The summed E-state index contributed by atoms with van der Waals surface area (Å²) >= 11 is 0. The summed E-state index contributed by atoms with van der Waals surface area (Å²) in [6.07, 6.45) is -0.0731. The van der Waals surface area contributed by atoms with E-state index in [0.29, 0.717) is 33.8 Å². The van der Waals surface area contributed by atoms with Crippen molar-refractivity contribution in [2.45, 2.75) is 26.1 Å². The Morgan fingerprint density at radius 3 is 2.64 bits per heavy atom. The molecule has 2 heterocycles. The monoisotopic (exact) mass is 447 g/mol. The Labute approximate surface area is 189 Å². The fourth-order valence-corrected chi connectivity index (χ4v) is 3.47. The van der Waals surface area contributed by atoms with Gasteiger partial charge in [0.15, 0.2) is 0 Å². The van der Waals surface area contributed by atoms with Gasteiger partial charge in [-0.3, -0.25) is 10.1 Å². The number of pyridine rings is 1. The molecule has 1 atom stereocenters. The van der Waals surface area contributed by atoms with Gasteiger partial charge in [-0.15, -0.1) is 0 Å². The maximum atomic E-state index is 12.7. The summed E-state index contributed by atoms with van der Waals surface area (Å²) in [6.45, 7) is 3.73. The van der Waals surface area contributed by atoms with Gasteiger partial charge in [-0.05, 0) is 37.6 Å². The minimum Gasteiger partial charge on any atom is -0.447 e. The molecule has 0 unspecified atom stereocenters. The number of aliphatic hydroxyl groups is 1. The highest BCUT2D eigenvalue weighted by molar-refractivity contribution is 5.98. The second-order valence-corrected chi connectivity index (χ2v) is 7.77. The van der Waals surface area contributed by atoms with Gasteiger partial charge in [-0.25, -0.2) is 9.78 Å². The Balaban J connectivity index is 1.64. The van der Waals surface area contributed by atoms with Crippen LogP contribution in [0.5, 0.6) is 0 Å². The number of aliphatic hydroxyl groups excluding tert-OH is 1. The maximum absolute atomic E-state index is 12.7. The number of nitrogens with one attached hydrogen (secondary N) is 4. The first-order valence-corrected chi connectivity index (χ1v) is 10.6. The molecular weight excluding hydrogens is 422 g/mol. The number of fused-ring (bicyclic) bond motifs is 1. The van der Waals surface area contributed by atoms with Gasteiger partial charge < -0.3 is 25.1 Å². The van der Waals surface area contributed by atoms with Gasteiger partial charge in [-0.2, -0.15) is 0 Å². The summed E-state index contributed by atoms with van der Waals surface area (Å²) in [5, 5.41) is 16.3. The predicted octanol–water partition coefficient (Wildman–Crippen LogP) is 4.02. The molecule has 0 saturated heterocycles. The Hall–Kier alpha value is -4.11. The molecule has 170 valence electrons. The van der Waals surface area contributed by atoms with E-state index in [0.717, 1.165) is 5.56 Å². The number of nitrogens with zero attached hydrogens (tertiary/aromatic N) is 1. The van der Waals surface area contributed by atoms with Crippen LogP contribution >= 0.6 is 0 Å². The number of imidazole rings is 1. The normalized spacial score (nSPS) is 12.0. The molecule has 9 heteroatoms. The molecule has 2 aromatic carbocycles. The number of anilines is 2. The molecule has 9 nitrogen and oxygen atoms in total. The average Bonchev–Trinajstić information content (AvgIpc) is 3.22. The molecule has 5 N–H and O–H groups in total. The molecule has 1 amide bonds. The van der Waals surface area contributed by atoms with Crippen molar-refractivity contribution < 1.29 is 14.6 Å². The predicted molar refractivity (Wildman–Crippen MR) is 127 cm³/mol. The van der Waals surface area contributed by atoms with Crippen molar-refractivity contribution in [1.82, 2.24) is 15.0 Å². The van der Waals surface area contributed by atoms with Crippen molar-refractivity contribution in [3.63, 3.8) is 0 Å². The van der Waals surface area contributed by atoms with Crippen molar-refractivity contribution in [1.29, 1.82) is 0 Å². The third-order valence-corrected chi connectivity index (χ3v) is 4.96. The number of carbonyl (C=O) groups is 1. The lowest BCUT2D eigenvalue weighted by Gasteiger charge is -2.14. The molecule has 0 bridgehead atoms. The van der Waals surface area contributed by atoms with Crippen LogP contribution in [0, 0.1) is 0 Å². The zero-order valence-electron chi connectivity index (χ0n) is 18.3. The smallest absolute Gasteiger partial charge is 0.411 e. The van der Waals surface area contributed by atoms with E-state index in [2.05, 4.69) is 25.6 Å². The highest BCUT2D eigenvalue weighted by Gasteiger charge is 2.18. The van der Waals surface area contributed by atoms with Crippen LogP contribution in [0.3, 0.4) is 0 Å². The number of para-hydroxylation sites is 1. The number of benzene rings is 2. The molecular formula is C24H25N5O4. The molecule has 0 radical (unpaired) electrons. The van der Waals surface area contributed by atoms with Gasteiger partial charge in [-0.1, -0.05) is 36.4 Å². The Morgan fingerprint density at radius 1 is 1.09 bits per heavy atom. The van der Waals surface area contributed by atoms with Crippen LogP contribution in [0.1, 0.15) is 25.5 Å². The molecule has 2 aromatic heterocycles. The van der Waals surface area contributed by atoms with E-state index in [9.17, 15) is 14.7 Å². The van der Waals surface area contributed by atoms with Crippen molar-refractivity contribution in [3.8, 4) is 11.4 Å². The van der Waals surface area contributed by atoms with Gasteiger partial charge in [0, 0.05) is 12.7 Å². The first-order chi connectivity index (χ1) is 15.9. The Bertz CT molecular complexity index is 1310. The highest BCUT2D eigenvalue weighted by Crippen LogP contribution is 2.28. The minimum absolute atomic E-state index is 0.203. The number of amides is 1. The maximum Gasteiger partial charge on any atom is 0.411 e. The van der Waals surface area contributed by atoms with Crippen molar-refractivity contribution in [2.24, 2.45) is 0 Å². The van der Waals surface area contributed by atoms with E-state index < -0.39 is 12.2 Å². The van der Waals surface area contributed by atoms with Crippen LogP contribution in [0.4, 0.5) is 16.2 Å². The number of aromatic amines is 2. The number of rotatable bonds is 7. The number of hydrogen-bond acceptors (Lipinski definition) is 6. The van der Waals surface area contributed by atoms with E-state index in [1.165, 1.54) is 6.20 Å². The number of hydrogen-bond donors (Lipinski definition) is 5. The summed E-state index contributed by atoms with van der Waals surface area (Å²) in [5.74, 6) is 0.329. The molecule has 0 saturated carbocycles. The fourth-order valence-electron chi connectivity index (χ4n) is 3.47. The lowest BCUT2D eigenvalue weighted by atomic mass is 10.1. The van der Waals surface area contributed by atoms with Gasteiger partial charge in [0.25, 0.3) is 5.56 Å². The quantitative estimate of drug-likeness (QED) is 0.291. The third-order valence-electron chi connectivity index (χ3n) is 4.96. The SMILES string of the molecule is CC(C)OC(=O)Nc1cccc2[nH]c(-c3c(NC[C@@H](O)c4ccccc4)cc[nH]c3=O)nc12. The minimum atomic E-state index is -0.753. The Morgan fingerprint density at radius 2 is 1.88 bits per heavy atom. The molecule has 4 rings (SSSR count). The van der Waals surface area contributed by atoms with E-state index in [1.807, 2.05) is 30.3 Å². The van der Waals surface area contributed by atoms with Gasteiger partial charge >= 0.3 is 6.09 Å². The second kappa shape index (κ2) is 9.58. The van der Waals surface area contributed by atoms with Crippen molar-refractivity contribution in [2.75, 3.05) is 17.2 Å². The van der Waals surface area contributed by atoms with E-state index >= 15 is 0 Å². The summed E-state index contributed by atoms with van der Waals surface area (Å²) in [4.78, 5) is 35.1. The topological polar surface area (TPSA) is 132 Å². The zero-order chi connectivity index (χ0) is 23.4. The summed E-state index contributed by atoms with van der Waals surface area (Å²) in [6, 6.07) is 16.2. The lowest BCUT2D eigenvalue weighted by Crippen LogP contribution is -2.18. The van der Waals surface area contributed by atoms with Crippen molar-refractivity contribution in [3.05, 3.63) is 76.7 Å². The molecule has 0 fully saturated rings. The van der Waals surface area contributed by atoms with E-state index in [-0.39, 0.29) is 18.2 Å². The van der Waals surface area contributed by atoms with Crippen LogP contribution in [0.25, 0.3) is 22.4 Å². The van der Waals surface area contributed by atoms with E-state index in [4.69, 9.17) is 4.74 Å². The molecule has 33 heavy (non-hydrogen) atoms. The second-order valence-electron chi connectivity index (χ2n) is 7.77. The van der Waals surface area contributed by atoms with Crippen LogP contribution in [-0.2, 0) is 4.74 Å². The lowest BCUT2D eigenvalue weighted by molar-refractivity contribution is 0.130. The van der Waals surface area contributed by atoms with Crippen LogP contribution < -0.4 is 16.2 Å². The average molecular weight is 447 g/mol. The van der Waals surface area contributed by atoms with Gasteiger partial charge in [0.2, 0.25) is 0 Å². The molecule has 0 aliphatic rings. The zero-order valence-corrected chi connectivity index (χ0v) is 18.3. The number of aromatic nitrogens is 3. The number of H-pyrrole nitrogens is 2. The van der Waals surface area contributed by atoms with Gasteiger partial charge in [0.1, 0.15) is 16.9 Å². The van der Waals surface area contributed by atoms with E-state index in [1.54, 1.807) is 38.1 Å². The molecule has 0 aliphatic heterocycles. The summed E-state index contributed by atoms with van der Waals surface area (Å²) in [7, 11) is 0. The van der Waals surface area contributed by atoms with Gasteiger partial charge in [0.05, 0.1) is 29.1 Å². The summed E-state index contributed by atoms with van der Waals surface area (Å²) in [5.41, 5.74) is 2.83. The van der Waals surface area contributed by atoms with Crippen LogP contribution in [0.15, 0.2) is 65.6 Å². The fraction of sp³-hybridized carbons (Fsp3) is 0.208. The number of ether oxygens (including phenoxy) is 1. The number of carbonyl (C=O) groups excluding carboxylic acids is 1.